The van der Waals surface area contributed by atoms with Crippen molar-refractivity contribution in [2.24, 2.45) is 0 Å². The van der Waals surface area contributed by atoms with Crippen LogP contribution in [0.4, 0.5) is 0 Å². The number of para-hydroxylation sites is 2. The summed E-state index contributed by atoms with van der Waals surface area (Å²) in [6.07, 6.45) is 0. The summed E-state index contributed by atoms with van der Waals surface area (Å²) in [7, 11) is 0. The van der Waals surface area contributed by atoms with Crippen molar-refractivity contribution in [2.75, 3.05) is 0 Å². The molecule has 0 amide bonds. The van der Waals surface area contributed by atoms with Gasteiger partial charge in [-0.1, -0.05) is 0 Å². The zero-order chi connectivity index (χ0) is 6.10. The molecule has 1 heterocycles. The molecule has 0 spiro atoms. The Bertz CT molecular complexity index is 201. The van der Waals surface area contributed by atoms with Crippen LogP contribution in [0.3, 0.4) is 0 Å². The Morgan fingerprint density at radius 2 is 1.56 bits per heavy atom. The van der Waals surface area contributed by atoms with Crippen molar-refractivity contribution < 1.29 is 6.15 Å². The quantitative estimate of drug-likeness (QED) is 0.601. The third-order valence-corrected chi connectivity index (χ3v) is 3.73. The van der Waals surface area contributed by atoms with Crippen molar-refractivity contribution in [1.82, 2.24) is 0 Å². The van der Waals surface area contributed by atoms with Gasteiger partial charge in [-0.15, -0.1) is 0 Å². The van der Waals surface area contributed by atoms with Gasteiger partial charge in [-0.3, -0.25) is 0 Å². The first kappa shape index (κ1) is 5.41. The maximum absolute atomic E-state index is 5.29. The fourth-order valence-corrected chi connectivity index (χ4v) is 3.10. The van der Waals surface area contributed by atoms with Crippen LogP contribution >= 0.6 is 0 Å². The summed E-state index contributed by atoms with van der Waals surface area (Å²) in [4.78, 5) is 0. The third kappa shape index (κ3) is 0.871. The average Bonchev–Trinajstić information content (AvgIpc) is 2.33. The first-order valence-electron chi connectivity index (χ1n) is 2.81. The molecule has 0 bridgehead atoms. The predicted octanol–water partition coefficient (Wildman–Crippen LogP) is 0.457. The van der Waals surface area contributed by atoms with Gasteiger partial charge in [0.05, 0.1) is 0 Å². The molecule has 0 aliphatic carbocycles. The van der Waals surface area contributed by atoms with Crippen LogP contribution in [0.15, 0.2) is 24.3 Å². The minimum absolute atomic E-state index is 0.938. The number of hydrogen-bond donors (Lipinski definition) is 0. The van der Waals surface area contributed by atoms with Gasteiger partial charge in [0.15, 0.2) is 0 Å². The third-order valence-electron chi connectivity index (χ3n) is 1.28. The molecule has 0 radical (unpaired) electrons. The van der Waals surface area contributed by atoms with Crippen LogP contribution in [0.1, 0.15) is 0 Å². The van der Waals surface area contributed by atoms with E-state index in [9.17, 15) is 0 Å². The average molecular weight is 229 g/mol. The van der Waals surface area contributed by atoms with Gasteiger partial charge in [-0.25, -0.2) is 0 Å². The molecule has 2 nitrogen and oxygen atoms in total. The van der Waals surface area contributed by atoms with Gasteiger partial charge in [-0.2, -0.15) is 0 Å². The van der Waals surface area contributed by atoms with E-state index in [0.717, 1.165) is 11.5 Å². The molecule has 0 N–H and O–H groups in total. The van der Waals surface area contributed by atoms with Crippen molar-refractivity contribution in [3.63, 3.8) is 0 Å². The molecular formula is C6H6O2Sn. The molecule has 0 saturated heterocycles. The van der Waals surface area contributed by atoms with E-state index < -0.39 is 22.0 Å². The summed E-state index contributed by atoms with van der Waals surface area (Å²) in [5.74, 6) is 1.88. The molecule has 1 aromatic carbocycles. The fourth-order valence-electron chi connectivity index (χ4n) is 0.845. The molecule has 0 saturated carbocycles. The van der Waals surface area contributed by atoms with Gasteiger partial charge in [0.1, 0.15) is 0 Å². The molecule has 1 aromatic rings. The van der Waals surface area contributed by atoms with Gasteiger partial charge in [-0.05, 0) is 0 Å². The first-order chi connectivity index (χ1) is 4.47. The maximum atomic E-state index is 5.29. The van der Waals surface area contributed by atoms with Gasteiger partial charge in [0.2, 0.25) is 0 Å². The van der Waals surface area contributed by atoms with Gasteiger partial charge < -0.3 is 0 Å². The molecule has 0 fully saturated rings. The van der Waals surface area contributed by atoms with Gasteiger partial charge in [0.25, 0.3) is 0 Å². The Morgan fingerprint density at radius 3 is 2.11 bits per heavy atom. The van der Waals surface area contributed by atoms with E-state index in [4.69, 9.17) is 6.15 Å². The minimum atomic E-state index is -1.26. The number of benzene rings is 1. The van der Waals surface area contributed by atoms with Gasteiger partial charge >= 0.3 is 63.9 Å². The van der Waals surface area contributed by atoms with Gasteiger partial charge in [0, 0.05) is 0 Å². The molecular weight excluding hydrogens is 223 g/mol. The topological polar surface area (TPSA) is 18.5 Å². The summed E-state index contributed by atoms with van der Waals surface area (Å²) in [6.45, 7) is 0. The molecule has 0 atom stereocenters. The number of rotatable bonds is 0. The van der Waals surface area contributed by atoms with Crippen molar-refractivity contribution in [2.45, 2.75) is 0 Å². The van der Waals surface area contributed by atoms with Crippen LogP contribution in [-0.2, 0) is 0 Å². The van der Waals surface area contributed by atoms with E-state index in [-0.39, 0.29) is 0 Å². The van der Waals surface area contributed by atoms with Crippen LogP contribution in [-0.4, -0.2) is 22.0 Å². The van der Waals surface area contributed by atoms with Crippen molar-refractivity contribution in [3.05, 3.63) is 24.3 Å². The van der Waals surface area contributed by atoms with E-state index in [1.807, 2.05) is 24.3 Å². The standard InChI is InChI=1S/C6H6O2.Sn.2H/c7-5-3-1-2-4-6(5)8;;;/h1-4,7-8H;;;/q;+2;;/p-2. The Kier molecular flexibility index (Phi) is 1.26. The van der Waals surface area contributed by atoms with E-state index in [2.05, 4.69) is 0 Å². The summed E-state index contributed by atoms with van der Waals surface area (Å²) >= 11 is -1.26. The zero-order valence-electron chi connectivity index (χ0n) is 4.83. The molecule has 0 aromatic heterocycles. The molecule has 9 heavy (non-hydrogen) atoms. The summed E-state index contributed by atoms with van der Waals surface area (Å²) in [6, 6.07) is 7.80. The van der Waals surface area contributed by atoms with Crippen molar-refractivity contribution in [1.29, 1.82) is 0 Å². The Labute approximate surface area is 64.1 Å². The number of fused-ring (bicyclic) bond motifs is 1. The number of hydrogen-bond acceptors (Lipinski definition) is 2. The van der Waals surface area contributed by atoms with Crippen molar-refractivity contribution >= 4 is 22.0 Å². The van der Waals surface area contributed by atoms with E-state index >= 15 is 0 Å². The zero-order valence-corrected chi connectivity index (χ0v) is 8.87. The summed E-state index contributed by atoms with van der Waals surface area (Å²) < 4.78 is 10.6. The summed E-state index contributed by atoms with van der Waals surface area (Å²) in [5.41, 5.74) is 0. The van der Waals surface area contributed by atoms with E-state index in [1.54, 1.807) is 0 Å². The monoisotopic (exact) mass is 230 g/mol. The van der Waals surface area contributed by atoms with Crippen LogP contribution < -0.4 is 6.15 Å². The van der Waals surface area contributed by atoms with Crippen LogP contribution in [0.5, 0.6) is 11.5 Å². The Morgan fingerprint density at radius 1 is 1.00 bits per heavy atom. The molecule has 0 unspecified atom stereocenters. The molecule has 3 heteroatoms. The molecule has 46 valence electrons. The second kappa shape index (κ2) is 2.10. The van der Waals surface area contributed by atoms with E-state index in [0.29, 0.717) is 0 Å². The normalized spacial score (nSPS) is 13.8. The Hall–Kier alpha value is -0.381. The first-order valence-corrected chi connectivity index (χ1v) is 6.11. The van der Waals surface area contributed by atoms with Crippen LogP contribution in [0.2, 0.25) is 0 Å². The molecule has 1 aliphatic rings. The Balaban J connectivity index is 2.54. The van der Waals surface area contributed by atoms with Crippen LogP contribution in [0.25, 0.3) is 0 Å². The SMILES string of the molecule is c1ccc2c(c1)[O][SnH2][O]2. The van der Waals surface area contributed by atoms with Crippen LogP contribution in [0, 0.1) is 0 Å². The molecule has 1 aliphatic heterocycles. The second-order valence-corrected chi connectivity index (χ2v) is 4.17. The predicted molar refractivity (Wildman–Crippen MR) is 36.2 cm³/mol. The van der Waals surface area contributed by atoms with Crippen molar-refractivity contribution in [3.8, 4) is 11.5 Å². The molecule has 2 rings (SSSR count). The fraction of sp³-hybridized carbons (Fsp3) is 0. The van der Waals surface area contributed by atoms with E-state index in [1.165, 1.54) is 0 Å². The second-order valence-electron chi connectivity index (χ2n) is 1.85. The summed E-state index contributed by atoms with van der Waals surface area (Å²) in [5, 5.41) is 0.